The number of nitrogens with one attached hydrogen (secondary N) is 1. The van der Waals surface area contributed by atoms with Crippen LogP contribution in [0.1, 0.15) is 17.2 Å². The van der Waals surface area contributed by atoms with Gasteiger partial charge in [-0.2, -0.15) is 10.1 Å². The Kier molecular flexibility index (Phi) is 3.24. The molecule has 1 aliphatic rings. The molecule has 0 bridgehead atoms. The molecule has 5 nitrogen and oxygen atoms in total. The van der Waals surface area contributed by atoms with Crippen LogP contribution in [0, 0.1) is 0 Å². The van der Waals surface area contributed by atoms with Gasteiger partial charge in [-0.3, -0.25) is 4.79 Å². The number of rotatable bonds is 3. The van der Waals surface area contributed by atoms with E-state index in [2.05, 4.69) is 15.4 Å². The number of carbonyl (C=O) groups excluding carboxylic acids is 1. The molecule has 1 unspecified atom stereocenters. The van der Waals surface area contributed by atoms with Crippen molar-refractivity contribution in [2.24, 2.45) is 0 Å². The number of carbonyl (C=O) groups is 1. The Labute approximate surface area is 133 Å². The van der Waals surface area contributed by atoms with Gasteiger partial charge in [-0.05, 0) is 11.1 Å². The Morgan fingerprint density at radius 1 is 1.00 bits per heavy atom. The van der Waals surface area contributed by atoms with Crippen LogP contribution in [0.2, 0.25) is 0 Å². The molecule has 4 rings (SSSR count). The molecule has 5 heteroatoms. The zero-order valence-corrected chi connectivity index (χ0v) is 12.3. The zero-order valence-electron chi connectivity index (χ0n) is 12.3. The third-order valence-electron chi connectivity index (χ3n) is 3.94. The first-order valence-corrected chi connectivity index (χ1v) is 7.34. The molecule has 0 saturated carbocycles. The van der Waals surface area contributed by atoms with Crippen LogP contribution in [0.3, 0.4) is 0 Å². The van der Waals surface area contributed by atoms with Crippen molar-refractivity contribution in [3.05, 3.63) is 83.7 Å². The summed E-state index contributed by atoms with van der Waals surface area (Å²) in [7, 11) is 0. The minimum atomic E-state index is -0.289. The van der Waals surface area contributed by atoms with Crippen molar-refractivity contribution in [2.45, 2.75) is 6.04 Å². The normalized spacial score (nSPS) is 16.6. The number of hydrogen-bond donors (Lipinski definition) is 1. The quantitative estimate of drug-likeness (QED) is 0.756. The van der Waals surface area contributed by atoms with Gasteiger partial charge in [-0.25, -0.2) is 4.68 Å². The Morgan fingerprint density at radius 3 is 2.39 bits per heavy atom. The third-order valence-corrected chi connectivity index (χ3v) is 3.94. The Bertz CT molecular complexity index is 868. The molecule has 0 spiro atoms. The highest BCUT2D eigenvalue weighted by molar-refractivity contribution is 5.94. The number of fused-ring (bicyclic) bond motifs is 1. The Balaban J connectivity index is 1.95. The van der Waals surface area contributed by atoms with Gasteiger partial charge in [0.05, 0.1) is 5.70 Å². The largest absolute Gasteiger partial charge is 0.323 e. The van der Waals surface area contributed by atoms with Crippen molar-refractivity contribution in [3.8, 4) is 0 Å². The van der Waals surface area contributed by atoms with Crippen LogP contribution in [0.15, 0.2) is 72.6 Å². The number of hydrogen-bond acceptors (Lipinski definition) is 4. The molecule has 2 heterocycles. The van der Waals surface area contributed by atoms with E-state index < -0.39 is 0 Å². The fourth-order valence-corrected chi connectivity index (χ4v) is 2.90. The topological polar surface area (TPSA) is 59.8 Å². The van der Waals surface area contributed by atoms with Gasteiger partial charge in [-0.1, -0.05) is 60.7 Å². The van der Waals surface area contributed by atoms with E-state index in [0.717, 1.165) is 23.1 Å². The second-order valence-electron chi connectivity index (χ2n) is 5.28. The molecule has 1 aromatic heterocycles. The van der Waals surface area contributed by atoms with Crippen molar-refractivity contribution in [1.29, 1.82) is 0 Å². The molecular formula is C18H14N4O. The minimum absolute atomic E-state index is 0.289. The second kappa shape index (κ2) is 5.53. The van der Waals surface area contributed by atoms with Crippen LogP contribution >= 0.6 is 0 Å². The van der Waals surface area contributed by atoms with Gasteiger partial charge >= 0.3 is 0 Å². The highest BCUT2D eigenvalue weighted by Crippen LogP contribution is 2.36. The predicted octanol–water partition coefficient (Wildman–Crippen LogP) is 2.90. The summed E-state index contributed by atoms with van der Waals surface area (Å²) in [6.45, 7) is 0. The number of benzene rings is 2. The highest BCUT2D eigenvalue weighted by Gasteiger charge is 2.30. The molecule has 0 radical (unpaired) electrons. The van der Waals surface area contributed by atoms with Crippen molar-refractivity contribution < 1.29 is 4.79 Å². The van der Waals surface area contributed by atoms with Gasteiger partial charge in [0.1, 0.15) is 12.4 Å². The van der Waals surface area contributed by atoms with Crippen LogP contribution in [0.5, 0.6) is 0 Å². The number of nitrogens with zero attached hydrogens (tertiary/aromatic N) is 3. The number of aldehydes is 1. The van der Waals surface area contributed by atoms with Gasteiger partial charge in [0, 0.05) is 5.57 Å². The molecule has 0 saturated heterocycles. The van der Waals surface area contributed by atoms with E-state index in [1.807, 2.05) is 60.7 Å². The summed E-state index contributed by atoms with van der Waals surface area (Å²) in [6, 6.07) is 19.4. The first-order chi connectivity index (χ1) is 11.4. The molecule has 0 fully saturated rings. The summed E-state index contributed by atoms with van der Waals surface area (Å²) in [6.07, 6.45) is 2.40. The summed E-state index contributed by atoms with van der Waals surface area (Å²) in [4.78, 5) is 16.2. The molecule has 0 aliphatic carbocycles. The van der Waals surface area contributed by atoms with Crippen LogP contribution < -0.4 is 5.32 Å². The molecule has 112 valence electrons. The molecule has 1 N–H and O–H groups in total. The lowest BCUT2D eigenvalue weighted by Crippen LogP contribution is -2.25. The molecule has 1 aliphatic heterocycles. The van der Waals surface area contributed by atoms with Gasteiger partial charge in [0.2, 0.25) is 5.95 Å². The van der Waals surface area contributed by atoms with E-state index in [4.69, 9.17) is 0 Å². The van der Waals surface area contributed by atoms with Crippen molar-refractivity contribution >= 4 is 17.9 Å². The maximum Gasteiger partial charge on any atom is 0.226 e. The van der Waals surface area contributed by atoms with Crippen LogP contribution in [-0.4, -0.2) is 21.1 Å². The SMILES string of the molecule is O=CC1=C(c2ccccc2)Nc2ncnn2C1c1ccccc1. The first-order valence-electron chi connectivity index (χ1n) is 7.34. The maximum absolute atomic E-state index is 11.9. The van der Waals surface area contributed by atoms with E-state index in [1.165, 1.54) is 6.33 Å². The monoisotopic (exact) mass is 302 g/mol. The van der Waals surface area contributed by atoms with Gasteiger partial charge in [-0.15, -0.1) is 0 Å². The molecule has 0 amide bonds. The number of aromatic nitrogens is 3. The number of allylic oxidation sites excluding steroid dienone is 1. The second-order valence-corrected chi connectivity index (χ2v) is 5.28. The minimum Gasteiger partial charge on any atom is -0.323 e. The summed E-state index contributed by atoms with van der Waals surface area (Å²) in [5.41, 5.74) is 3.36. The van der Waals surface area contributed by atoms with Crippen LogP contribution in [0.25, 0.3) is 5.70 Å². The molecular weight excluding hydrogens is 288 g/mol. The lowest BCUT2D eigenvalue weighted by atomic mass is 9.94. The molecule has 1 atom stereocenters. The Morgan fingerprint density at radius 2 is 1.70 bits per heavy atom. The molecule has 3 aromatic rings. The molecule has 2 aromatic carbocycles. The third kappa shape index (κ3) is 2.23. The van der Waals surface area contributed by atoms with E-state index in [9.17, 15) is 4.79 Å². The summed E-state index contributed by atoms with van der Waals surface area (Å²) < 4.78 is 1.74. The molecule has 23 heavy (non-hydrogen) atoms. The van der Waals surface area contributed by atoms with Crippen molar-refractivity contribution in [1.82, 2.24) is 14.8 Å². The smallest absolute Gasteiger partial charge is 0.226 e. The highest BCUT2D eigenvalue weighted by atomic mass is 16.1. The lowest BCUT2D eigenvalue weighted by Gasteiger charge is -2.28. The summed E-state index contributed by atoms with van der Waals surface area (Å²) >= 11 is 0. The Hall–Kier alpha value is -3.21. The summed E-state index contributed by atoms with van der Waals surface area (Å²) in [5.74, 6) is 0.628. The fourth-order valence-electron chi connectivity index (χ4n) is 2.90. The first kappa shape index (κ1) is 13.5. The number of anilines is 1. The van der Waals surface area contributed by atoms with E-state index in [-0.39, 0.29) is 6.04 Å². The van der Waals surface area contributed by atoms with Crippen LogP contribution in [0.4, 0.5) is 5.95 Å². The van der Waals surface area contributed by atoms with E-state index >= 15 is 0 Å². The average molecular weight is 302 g/mol. The maximum atomic E-state index is 11.9. The average Bonchev–Trinajstić information content (AvgIpc) is 3.09. The van der Waals surface area contributed by atoms with Gasteiger partial charge in [0.15, 0.2) is 6.29 Å². The summed E-state index contributed by atoms with van der Waals surface area (Å²) in [5, 5.41) is 7.52. The van der Waals surface area contributed by atoms with E-state index in [1.54, 1.807) is 4.68 Å². The van der Waals surface area contributed by atoms with E-state index in [0.29, 0.717) is 11.5 Å². The lowest BCUT2D eigenvalue weighted by molar-refractivity contribution is -0.105. The standard InChI is InChI=1S/C18H14N4O/c23-11-15-16(13-7-3-1-4-8-13)21-18-19-12-20-22(18)17(15)14-9-5-2-6-10-14/h1-12,17H,(H,19,20,21). The van der Waals surface area contributed by atoms with Gasteiger partial charge in [0.25, 0.3) is 0 Å². The van der Waals surface area contributed by atoms with Crippen LogP contribution in [-0.2, 0) is 4.79 Å². The zero-order chi connectivity index (χ0) is 15.6. The predicted molar refractivity (Wildman–Crippen MR) is 87.7 cm³/mol. The fraction of sp³-hybridized carbons (Fsp3) is 0.0556. The van der Waals surface area contributed by atoms with Gasteiger partial charge < -0.3 is 5.32 Å². The van der Waals surface area contributed by atoms with Crippen molar-refractivity contribution in [2.75, 3.05) is 5.32 Å². The van der Waals surface area contributed by atoms with Crippen molar-refractivity contribution in [3.63, 3.8) is 0 Å².